The summed E-state index contributed by atoms with van der Waals surface area (Å²) in [5, 5.41) is 7.37. The molecule has 1 heterocycles. The second kappa shape index (κ2) is 14.4. The van der Waals surface area contributed by atoms with E-state index in [1.54, 1.807) is 7.11 Å². The smallest absolute Gasteiger partial charge is 0.334 e. The molecule has 34 heavy (non-hydrogen) atoms. The molecular weight excluding hydrogens is 447 g/mol. The van der Waals surface area contributed by atoms with Gasteiger partial charge in [0.2, 0.25) is 0 Å². The Morgan fingerprint density at radius 3 is 2.29 bits per heavy atom. The van der Waals surface area contributed by atoms with Crippen LogP contribution in [0.5, 0.6) is 0 Å². The summed E-state index contributed by atoms with van der Waals surface area (Å²) in [6, 6.07) is 10.6. The van der Waals surface area contributed by atoms with E-state index in [0.717, 1.165) is 37.1 Å². The highest BCUT2D eigenvalue weighted by atomic mass is 31.2. The SMILES string of the molecule is CCOP(=O)(OCC)[C@@H](Cc1ccccc1)[C@@H](C/C(=N/N1CCC[C@H]1COC)C(C)C)C(C)C. The van der Waals surface area contributed by atoms with Crippen LogP contribution in [-0.2, 0) is 24.8 Å². The van der Waals surface area contributed by atoms with E-state index in [-0.39, 0.29) is 11.6 Å². The lowest BCUT2D eigenvalue weighted by atomic mass is 9.83. The molecular formula is C27H47N2O4P. The maximum absolute atomic E-state index is 14.2. The van der Waals surface area contributed by atoms with E-state index in [4.69, 9.17) is 18.9 Å². The van der Waals surface area contributed by atoms with Gasteiger partial charge in [0.1, 0.15) is 0 Å². The fourth-order valence-electron chi connectivity index (χ4n) is 4.87. The van der Waals surface area contributed by atoms with Crippen molar-refractivity contribution in [1.82, 2.24) is 5.01 Å². The molecule has 1 aromatic rings. The van der Waals surface area contributed by atoms with Gasteiger partial charge in [-0.2, -0.15) is 5.10 Å². The van der Waals surface area contributed by atoms with E-state index >= 15 is 0 Å². The minimum atomic E-state index is -3.34. The number of methoxy groups -OCH3 is 1. The molecule has 0 radical (unpaired) electrons. The highest BCUT2D eigenvalue weighted by molar-refractivity contribution is 7.54. The summed E-state index contributed by atoms with van der Waals surface area (Å²) in [5.41, 5.74) is 2.06. The van der Waals surface area contributed by atoms with Gasteiger partial charge < -0.3 is 13.8 Å². The Labute approximate surface area is 208 Å². The maximum Gasteiger partial charge on any atom is 0.334 e. The summed E-state index contributed by atoms with van der Waals surface area (Å²) in [4.78, 5) is 0. The molecule has 194 valence electrons. The monoisotopic (exact) mass is 494 g/mol. The van der Waals surface area contributed by atoms with Gasteiger partial charge in [-0.25, -0.2) is 0 Å². The average Bonchev–Trinajstić information content (AvgIpc) is 3.23. The van der Waals surface area contributed by atoms with Gasteiger partial charge in [0.05, 0.1) is 31.5 Å². The van der Waals surface area contributed by atoms with Crippen LogP contribution in [0.15, 0.2) is 35.4 Å². The fourth-order valence-corrected chi connectivity index (χ4v) is 7.40. The van der Waals surface area contributed by atoms with Crippen molar-refractivity contribution in [3.63, 3.8) is 0 Å². The van der Waals surface area contributed by atoms with Crippen molar-refractivity contribution >= 4 is 13.3 Å². The summed E-state index contributed by atoms with van der Waals surface area (Å²) in [6.45, 7) is 15.0. The predicted octanol–water partition coefficient (Wildman–Crippen LogP) is 6.65. The van der Waals surface area contributed by atoms with Gasteiger partial charge in [0.15, 0.2) is 0 Å². The van der Waals surface area contributed by atoms with E-state index in [1.807, 2.05) is 32.0 Å². The molecule has 0 aliphatic carbocycles. The minimum absolute atomic E-state index is 0.105. The van der Waals surface area contributed by atoms with Crippen LogP contribution in [0.2, 0.25) is 0 Å². The molecule has 0 bridgehead atoms. The molecule has 0 aromatic heterocycles. The summed E-state index contributed by atoms with van der Waals surface area (Å²) >= 11 is 0. The van der Waals surface area contributed by atoms with Crippen molar-refractivity contribution in [3.8, 4) is 0 Å². The summed E-state index contributed by atoms with van der Waals surface area (Å²) in [7, 11) is -1.58. The Balaban J connectivity index is 2.44. The lowest BCUT2D eigenvalue weighted by Crippen LogP contribution is -2.34. The van der Waals surface area contributed by atoms with Gasteiger partial charge in [0, 0.05) is 19.4 Å². The van der Waals surface area contributed by atoms with Crippen LogP contribution in [0.3, 0.4) is 0 Å². The highest BCUT2D eigenvalue weighted by Gasteiger charge is 2.43. The first-order valence-corrected chi connectivity index (χ1v) is 14.6. The van der Waals surface area contributed by atoms with Gasteiger partial charge in [-0.05, 0) is 62.8 Å². The second-order valence-electron chi connectivity index (χ2n) is 9.90. The number of nitrogens with zero attached hydrogens (tertiary/aromatic N) is 2. The Morgan fingerprint density at radius 1 is 1.12 bits per heavy atom. The van der Waals surface area contributed by atoms with Crippen LogP contribution in [0.4, 0.5) is 0 Å². The molecule has 1 saturated heterocycles. The first kappa shape index (κ1) is 29.0. The van der Waals surface area contributed by atoms with Crippen molar-refractivity contribution in [2.45, 2.75) is 78.9 Å². The number of hydrazone groups is 1. The zero-order valence-corrected chi connectivity index (χ0v) is 23.3. The molecule has 1 fully saturated rings. The number of hydrogen-bond donors (Lipinski definition) is 0. The lowest BCUT2D eigenvalue weighted by Gasteiger charge is -2.36. The molecule has 6 nitrogen and oxygen atoms in total. The summed E-state index contributed by atoms with van der Waals surface area (Å²) in [5.74, 6) is 0.690. The number of hydrogen-bond acceptors (Lipinski definition) is 6. The van der Waals surface area contributed by atoms with Crippen molar-refractivity contribution < 1.29 is 18.3 Å². The zero-order valence-electron chi connectivity index (χ0n) is 22.4. The fraction of sp³-hybridized carbons (Fsp3) is 0.741. The third-order valence-electron chi connectivity index (χ3n) is 6.74. The second-order valence-corrected chi connectivity index (χ2v) is 12.2. The predicted molar refractivity (Wildman–Crippen MR) is 142 cm³/mol. The lowest BCUT2D eigenvalue weighted by molar-refractivity contribution is 0.117. The van der Waals surface area contributed by atoms with E-state index < -0.39 is 7.60 Å². The topological polar surface area (TPSA) is 60.4 Å². The largest absolute Gasteiger partial charge is 0.382 e. The van der Waals surface area contributed by atoms with Crippen LogP contribution in [0.1, 0.15) is 66.4 Å². The van der Waals surface area contributed by atoms with Gasteiger partial charge in [-0.1, -0.05) is 58.0 Å². The molecule has 0 amide bonds. The zero-order chi connectivity index (χ0) is 25.1. The van der Waals surface area contributed by atoms with Gasteiger partial charge >= 0.3 is 7.60 Å². The average molecular weight is 495 g/mol. The molecule has 0 spiro atoms. The first-order valence-electron chi connectivity index (χ1n) is 13.0. The molecule has 0 saturated carbocycles. The molecule has 0 unspecified atom stereocenters. The molecule has 0 N–H and O–H groups in total. The third-order valence-corrected chi connectivity index (χ3v) is 9.35. The maximum atomic E-state index is 14.2. The van der Waals surface area contributed by atoms with Crippen molar-refractivity contribution in [1.29, 1.82) is 0 Å². The van der Waals surface area contributed by atoms with Crippen molar-refractivity contribution in [3.05, 3.63) is 35.9 Å². The molecule has 3 atom stereocenters. The van der Waals surface area contributed by atoms with Crippen LogP contribution in [0.25, 0.3) is 0 Å². The van der Waals surface area contributed by atoms with Crippen LogP contribution in [-0.4, -0.2) is 55.9 Å². The molecule has 1 aliphatic heterocycles. The summed E-state index contributed by atoms with van der Waals surface area (Å²) < 4.78 is 31.5. The third kappa shape index (κ3) is 8.19. The van der Waals surface area contributed by atoms with Gasteiger partial charge in [0.25, 0.3) is 0 Å². The van der Waals surface area contributed by atoms with Gasteiger partial charge in [-0.15, -0.1) is 0 Å². The standard InChI is InChI=1S/C27H47N2O4P/c1-8-32-34(30,33-9-2)27(18-23-14-11-10-12-15-23)25(21(3)4)19-26(22(5)6)28-29-17-13-16-24(29)20-31-7/h10-12,14-15,21-22,24-25,27H,8-9,13,16-20H2,1-7H3/b28-26-/t24-,25-,27-/m0/s1. The number of rotatable bonds is 15. The molecule has 2 rings (SSSR count). The molecule has 1 aliphatic rings. The Bertz CT molecular complexity index is 774. The Hall–Kier alpha value is -1.20. The number of ether oxygens (including phenoxy) is 1. The minimum Gasteiger partial charge on any atom is -0.382 e. The van der Waals surface area contributed by atoms with Gasteiger partial charge in [-0.3, -0.25) is 9.57 Å². The van der Waals surface area contributed by atoms with Crippen LogP contribution >= 0.6 is 7.60 Å². The van der Waals surface area contributed by atoms with Crippen LogP contribution in [0, 0.1) is 17.8 Å². The summed E-state index contributed by atoms with van der Waals surface area (Å²) in [6.07, 6.45) is 3.67. The van der Waals surface area contributed by atoms with E-state index in [1.165, 1.54) is 0 Å². The van der Waals surface area contributed by atoms with E-state index in [0.29, 0.717) is 44.1 Å². The normalized spacial score (nSPS) is 19.3. The van der Waals surface area contributed by atoms with Crippen molar-refractivity contribution in [2.75, 3.05) is 33.5 Å². The Morgan fingerprint density at radius 2 is 1.76 bits per heavy atom. The molecule has 7 heteroatoms. The first-order chi connectivity index (χ1) is 16.3. The highest BCUT2D eigenvalue weighted by Crippen LogP contribution is 2.58. The van der Waals surface area contributed by atoms with Crippen molar-refractivity contribution in [2.24, 2.45) is 22.9 Å². The van der Waals surface area contributed by atoms with E-state index in [2.05, 4.69) is 44.8 Å². The quantitative estimate of drug-likeness (QED) is 0.202. The molecule has 1 aromatic carbocycles. The van der Waals surface area contributed by atoms with Crippen LogP contribution < -0.4 is 0 Å². The van der Waals surface area contributed by atoms with E-state index in [9.17, 15) is 4.57 Å². The number of benzene rings is 1. The Kier molecular flexibility index (Phi) is 12.3.